The molecule has 162 valence electrons. The fourth-order valence-corrected chi connectivity index (χ4v) is 3.96. The number of benzene rings is 3. The lowest BCUT2D eigenvalue weighted by Crippen LogP contribution is -2.23. The predicted octanol–water partition coefficient (Wildman–Crippen LogP) is 4.74. The molecule has 3 aromatic rings. The average molecular weight is 448 g/mol. The monoisotopic (exact) mass is 448 g/mol. The molecular formula is C22H19F3N2O3S. The van der Waals surface area contributed by atoms with Crippen LogP contribution in [-0.4, -0.2) is 14.3 Å². The Hall–Kier alpha value is -3.33. The van der Waals surface area contributed by atoms with Gasteiger partial charge in [-0.05, 0) is 54.4 Å². The van der Waals surface area contributed by atoms with Crippen molar-refractivity contribution >= 4 is 21.6 Å². The van der Waals surface area contributed by atoms with Crippen LogP contribution in [0.4, 0.5) is 18.9 Å². The van der Waals surface area contributed by atoms with E-state index in [2.05, 4.69) is 10.0 Å². The maximum atomic E-state index is 12.8. The van der Waals surface area contributed by atoms with Gasteiger partial charge in [0, 0.05) is 12.1 Å². The zero-order valence-electron chi connectivity index (χ0n) is 16.4. The van der Waals surface area contributed by atoms with E-state index >= 15 is 0 Å². The molecule has 0 unspecified atom stereocenters. The molecule has 0 aromatic heterocycles. The molecule has 1 amide bonds. The number of anilines is 1. The van der Waals surface area contributed by atoms with Gasteiger partial charge in [0.15, 0.2) is 0 Å². The van der Waals surface area contributed by atoms with Crippen LogP contribution in [0, 0.1) is 6.92 Å². The van der Waals surface area contributed by atoms with Gasteiger partial charge in [-0.25, -0.2) is 8.42 Å². The van der Waals surface area contributed by atoms with Crippen LogP contribution in [0.15, 0.2) is 77.7 Å². The molecule has 0 aliphatic heterocycles. The van der Waals surface area contributed by atoms with E-state index < -0.39 is 27.7 Å². The molecule has 0 aliphatic carbocycles. The molecule has 3 rings (SSSR count). The maximum Gasteiger partial charge on any atom is 0.416 e. The topological polar surface area (TPSA) is 75.3 Å². The molecule has 2 N–H and O–H groups in total. The fraction of sp³-hybridized carbons (Fsp3) is 0.136. The highest BCUT2D eigenvalue weighted by atomic mass is 32.2. The van der Waals surface area contributed by atoms with Gasteiger partial charge in [-0.3, -0.25) is 9.52 Å². The summed E-state index contributed by atoms with van der Waals surface area (Å²) >= 11 is 0. The Morgan fingerprint density at radius 1 is 0.935 bits per heavy atom. The van der Waals surface area contributed by atoms with Crippen molar-refractivity contribution in [2.45, 2.75) is 24.5 Å². The van der Waals surface area contributed by atoms with Crippen molar-refractivity contribution in [2.24, 2.45) is 0 Å². The third-order valence-electron chi connectivity index (χ3n) is 4.50. The van der Waals surface area contributed by atoms with E-state index in [1.165, 1.54) is 36.4 Å². The zero-order valence-corrected chi connectivity index (χ0v) is 17.2. The first-order valence-corrected chi connectivity index (χ1v) is 10.7. The molecule has 9 heteroatoms. The van der Waals surface area contributed by atoms with E-state index in [0.29, 0.717) is 11.1 Å². The number of nitrogens with one attached hydrogen (secondary N) is 2. The summed E-state index contributed by atoms with van der Waals surface area (Å²) in [6.45, 7) is 1.58. The Kier molecular flexibility index (Phi) is 6.35. The van der Waals surface area contributed by atoms with Gasteiger partial charge in [-0.1, -0.05) is 36.4 Å². The highest BCUT2D eigenvalue weighted by Crippen LogP contribution is 2.29. The van der Waals surface area contributed by atoms with Crippen molar-refractivity contribution in [2.75, 3.05) is 4.72 Å². The molecule has 0 radical (unpaired) electrons. The largest absolute Gasteiger partial charge is 0.416 e. The summed E-state index contributed by atoms with van der Waals surface area (Å²) in [6, 6.07) is 16.9. The Labute approximate surface area is 178 Å². The van der Waals surface area contributed by atoms with E-state index in [4.69, 9.17) is 0 Å². The Morgan fingerprint density at radius 3 is 2.32 bits per heavy atom. The lowest BCUT2D eigenvalue weighted by Gasteiger charge is -2.13. The van der Waals surface area contributed by atoms with Crippen molar-refractivity contribution < 1.29 is 26.4 Å². The van der Waals surface area contributed by atoms with E-state index in [1.807, 2.05) is 0 Å². The second-order valence-corrected chi connectivity index (χ2v) is 8.51. The highest BCUT2D eigenvalue weighted by Gasteiger charge is 2.30. The van der Waals surface area contributed by atoms with E-state index in [1.54, 1.807) is 31.2 Å². The number of carbonyl (C=O) groups is 1. The number of rotatable bonds is 6. The number of hydrogen-bond acceptors (Lipinski definition) is 3. The fourth-order valence-electron chi connectivity index (χ4n) is 2.82. The van der Waals surface area contributed by atoms with Gasteiger partial charge in [0.1, 0.15) is 0 Å². The summed E-state index contributed by atoms with van der Waals surface area (Å²) in [5.41, 5.74) is 0.500. The Bertz CT molecular complexity index is 1190. The van der Waals surface area contributed by atoms with E-state index in [-0.39, 0.29) is 22.7 Å². The quantitative estimate of drug-likeness (QED) is 0.572. The van der Waals surface area contributed by atoms with Crippen LogP contribution >= 0.6 is 0 Å². The number of hydrogen-bond donors (Lipinski definition) is 2. The second-order valence-electron chi connectivity index (χ2n) is 6.83. The number of carbonyl (C=O) groups excluding carboxylic acids is 1. The minimum absolute atomic E-state index is 0.0776. The first kappa shape index (κ1) is 22.4. The number of halogens is 3. The summed E-state index contributed by atoms with van der Waals surface area (Å²) in [6.07, 6.45) is -4.47. The highest BCUT2D eigenvalue weighted by molar-refractivity contribution is 7.92. The minimum atomic E-state index is -4.47. The molecular weight excluding hydrogens is 429 g/mol. The number of sulfonamides is 1. The molecule has 0 spiro atoms. The first-order valence-electron chi connectivity index (χ1n) is 9.19. The van der Waals surface area contributed by atoms with Crippen LogP contribution in [0.25, 0.3) is 0 Å². The molecule has 0 saturated carbocycles. The molecule has 3 aromatic carbocycles. The van der Waals surface area contributed by atoms with Gasteiger partial charge in [0.05, 0.1) is 16.1 Å². The molecule has 0 heterocycles. The normalized spacial score (nSPS) is 11.7. The molecule has 0 bridgehead atoms. The van der Waals surface area contributed by atoms with Gasteiger partial charge in [0.25, 0.3) is 15.9 Å². The summed E-state index contributed by atoms with van der Waals surface area (Å²) in [5.74, 6) is -0.544. The lowest BCUT2D eigenvalue weighted by atomic mass is 10.1. The molecule has 0 saturated heterocycles. The van der Waals surface area contributed by atoms with Crippen molar-refractivity contribution in [3.05, 3.63) is 95.1 Å². The van der Waals surface area contributed by atoms with Crippen LogP contribution < -0.4 is 10.0 Å². The number of amides is 1. The molecule has 5 nitrogen and oxygen atoms in total. The smallest absolute Gasteiger partial charge is 0.348 e. The Morgan fingerprint density at radius 2 is 1.65 bits per heavy atom. The SMILES string of the molecule is Cc1ccc(C(=O)NCc2cccc(C(F)(F)F)c2)cc1NS(=O)(=O)c1ccccc1. The summed E-state index contributed by atoms with van der Waals surface area (Å²) < 4.78 is 66.1. The third-order valence-corrected chi connectivity index (χ3v) is 5.89. The van der Waals surface area contributed by atoms with Gasteiger partial charge < -0.3 is 5.32 Å². The van der Waals surface area contributed by atoms with Crippen LogP contribution in [0.3, 0.4) is 0 Å². The van der Waals surface area contributed by atoms with Gasteiger partial charge in [-0.2, -0.15) is 13.2 Å². The van der Waals surface area contributed by atoms with Crippen LogP contribution in [0.1, 0.15) is 27.0 Å². The third kappa shape index (κ3) is 5.64. The maximum absolute atomic E-state index is 12.8. The molecule has 31 heavy (non-hydrogen) atoms. The molecule has 0 aliphatic rings. The zero-order chi connectivity index (χ0) is 22.6. The minimum Gasteiger partial charge on any atom is -0.348 e. The van der Waals surface area contributed by atoms with Crippen molar-refractivity contribution in [1.29, 1.82) is 0 Å². The predicted molar refractivity (Wildman–Crippen MR) is 111 cm³/mol. The van der Waals surface area contributed by atoms with Crippen molar-refractivity contribution in [3.63, 3.8) is 0 Å². The summed E-state index contributed by atoms with van der Waals surface area (Å²) in [4.78, 5) is 12.6. The summed E-state index contributed by atoms with van der Waals surface area (Å²) in [7, 11) is -3.84. The molecule has 0 atom stereocenters. The number of aryl methyl sites for hydroxylation is 1. The van der Waals surface area contributed by atoms with Crippen molar-refractivity contribution in [1.82, 2.24) is 5.32 Å². The number of alkyl halides is 3. The van der Waals surface area contributed by atoms with Gasteiger partial charge in [-0.15, -0.1) is 0 Å². The second kappa shape index (κ2) is 8.81. The Balaban J connectivity index is 1.75. The molecule has 0 fully saturated rings. The summed E-state index contributed by atoms with van der Waals surface area (Å²) in [5, 5.41) is 2.55. The van der Waals surface area contributed by atoms with Crippen LogP contribution in [0.2, 0.25) is 0 Å². The van der Waals surface area contributed by atoms with Crippen molar-refractivity contribution in [3.8, 4) is 0 Å². The van der Waals surface area contributed by atoms with Gasteiger partial charge >= 0.3 is 6.18 Å². The van der Waals surface area contributed by atoms with Gasteiger partial charge in [0.2, 0.25) is 0 Å². The van der Waals surface area contributed by atoms with E-state index in [9.17, 15) is 26.4 Å². The first-order chi connectivity index (χ1) is 14.6. The van der Waals surface area contributed by atoms with E-state index in [0.717, 1.165) is 12.1 Å². The van der Waals surface area contributed by atoms with Crippen LogP contribution in [-0.2, 0) is 22.7 Å². The lowest BCUT2D eigenvalue weighted by molar-refractivity contribution is -0.137. The van der Waals surface area contributed by atoms with Crippen LogP contribution in [0.5, 0.6) is 0 Å². The average Bonchev–Trinajstić information content (AvgIpc) is 2.73. The standard InChI is InChI=1S/C22H19F3N2O3S/c1-15-10-11-17(13-20(15)27-31(29,30)19-8-3-2-4-9-19)21(28)26-14-16-6-5-7-18(12-16)22(23,24)25/h2-13,27H,14H2,1H3,(H,26,28).